The molecule has 2 atom stereocenters. The van der Waals surface area contributed by atoms with Crippen molar-refractivity contribution in [3.8, 4) is 0 Å². The van der Waals surface area contributed by atoms with Crippen molar-refractivity contribution in [3.05, 3.63) is 24.0 Å². The van der Waals surface area contributed by atoms with Crippen LogP contribution < -0.4 is 11.1 Å². The third-order valence-corrected chi connectivity index (χ3v) is 2.96. The van der Waals surface area contributed by atoms with Crippen LogP contribution in [0.3, 0.4) is 0 Å². The van der Waals surface area contributed by atoms with Crippen LogP contribution in [0.25, 0.3) is 0 Å². The van der Waals surface area contributed by atoms with Gasteiger partial charge in [0.25, 0.3) is 0 Å². The Hall–Kier alpha value is -0.840. The molecule has 2 unspecified atom stereocenters. The first-order chi connectivity index (χ1) is 6.79. The number of nitrogens with two attached hydrogens (primary N) is 1. The van der Waals surface area contributed by atoms with Gasteiger partial charge in [-0.05, 0) is 19.2 Å². The van der Waals surface area contributed by atoms with E-state index in [1.165, 1.54) is 0 Å². The number of likely N-dealkylation sites (N-methyl/N-ethyl adjacent to an activating group) is 1. The summed E-state index contributed by atoms with van der Waals surface area (Å²) in [5, 5.41) is 3.37. The molecule has 0 saturated carbocycles. The van der Waals surface area contributed by atoms with Crippen molar-refractivity contribution in [1.82, 2.24) is 15.2 Å². The SMILES string of the molecule is CN1CCNCC1C(N)c1ccc[nH]1. The lowest BCUT2D eigenvalue weighted by Crippen LogP contribution is -2.53. The number of aromatic amines is 1. The summed E-state index contributed by atoms with van der Waals surface area (Å²) in [7, 11) is 2.13. The van der Waals surface area contributed by atoms with Gasteiger partial charge in [-0.15, -0.1) is 0 Å². The Bertz CT molecular complexity index is 270. The molecule has 0 aliphatic carbocycles. The monoisotopic (exact) mass is 194 g/mol. The minimum absolute atomic E-state index is 0.0720. The smallest absolute Gasteiger partial charge is 0.0618 e. The Morgan fingerprint density at radius 1 is 1.64 bits per heavy atom. The number of hydrogen-bond acceptors (Lipinski definition) is 3. The third kappa shape index (κ3) is 1.82. The lowest BCUT2D eigenvalue weighted by Gasteiger charge is -2.36. The van der Waals surface area contributed by atoms with E-state index in [1.54, 1.807) is 0 Å². The lowest BCUT2D eigenvalue weighted by atomic mass is 10.0. The van der Waals surface area contributed by atoms with Crippen molar-refractivity contribution in [3.63, 3.8) is 0 Å². The van der Waals surface area contributed by atoms with E-state index in [-0.39, 0.29) is 6.04 Å². The summed E-state index contributed by atoms with van der Waals surface area (Å²) in [6, 6.07) is 4.50. The number of hydrogen-bond donors (Lipinski definition) is 3. The maximum Gasteiger partial charge on any atom is 0.0618 e. The first kappa shape index (κ1) is 9.71. The normalized spacial score (nSPS) is 26.3. The zero-order valence-electron chi connectivity index (χ0n) is 8.53. The summed E-state index contributed by atoms with van der Waals surface area (Å²) in [6.07, 6.45) is 1.92. The Labute approximate surface area is 84.5 Å². The lowest BCUT2D eigenvalue weighted by molar-refractivity contribution is 0.173. The molecule has 0 spiro atoms. The van der Waals surface area contributed by atoms with Crippen molar-refractivity contribution >= 4 is 0 Å². The maximum absolute atomic E-state index is 6.19. The first-order valence-electron chi connectivity index (χ1n) is 5.09. The highest BCUT2D eigenvalue weighted by Crippen LogP contribution is 2.16. The quantitative estimate of drug-likeness (QED) is 0.617. The van der Waals surface area contributed by atoms with Crippen molar-refractivity contribution in [1.29, 1.82) is 0 Å². The predicted molar refractivity (Wildman–Crippen MR) is 57.0 cm³/mol. The van der Waals surface area contributed by atoms with Gasteiger partial charge in [-0.3, -0.25) is 4.90 Å². The van der Waals surface area contributed by atoms with Crippen molar-refractivity contribution < 1.29 is 0 Å². The zero-order valence-corrected chi connectivity index (χ0v) is 8.53. The van der Waals surface area contributed by atoms with Gasteiger partial charge in [-0.1, -0.05) is 0 Å². The minimum atomic E-state index is 0.0720. The average Bonchev–Trinajstić information content (AvgIpc) is 2.70. The van der Waals surface area contributed by atoms with Crippen molar-refractivity contribution in [2.75, 3.05) is 26.7 Å². The van der Waals surface area contributed by atoms with Gasteiger partial charge in [0.1, 0.15) is 0 Å². The highest BCUT2D eigenvalue weighted by molar-refractivity contribution is 5.11. The molecule has 78 valence electrons. The van der Waals surface area contributed by atoms with Crippen LogP contribution in [0.2, 0.25) is 0 Å². The van der Waals surface area contributed by atoms with Gasteiger partial charge in [-0.25, -0.2) is 0 Å². The van der Waals surface area contributed by atoms with Crippen LogP contribution in [-0.2, 0) is 0 Å². The van der Waals surface area contributed by atoms with E-state index in [1.807, 2.05) is 18.3 Å². The summed E-state index contributed by atoms with van der Waals surface area (Å²) in [5.41, 5.74) is 7.31. The van der Waals surface area contributed by atoms with Gasteiger partial charge in [-0.2, -0.15) is 0 Å². The molecule has 2 rings (SSSR count). The van der Waals surface area contributed by atoms with E-state index in [4.69, 9.17) is 5.73 Å². The van der Waals surface area contributed by atoms with Crippen LogP contribution in [0.15, 0.2) is 18.3 Å². The van der Waals surface area contributed by atoms with Crippen LogP contribution in [-0.4, -0.2) is 42.6 Å². The fraction of sp³-hybridized carbons (Fsp3) is 0.600. The summed E-state index contributed by atoms with van der Waals surface area (Å²) in [6.45, 7) is 3.10. The predicted octanol–water partition coefficient (Wildman–Crippen LogP) is -0.0819. The topological polar surface area (TPSA) is 57.1 Å². The summed E-state index contributed by atoms with van der Waals surface area (Å²) >= 11 is 0. The fourth-order valence-corrected chi connectivity index (χ4v) is 1.99. The summed E-state index contributed by atoms with van der Waals surface area (Å²) < 4.78 is 0. The van der Waals surface area contributed by atoms with E-state index in [2.05, 4.69) is 22.2 Å². The molecule has 4 nitrogen and oxygen atoms in total. The number of nitrogens with one attached hydrogen (secondary N) is 2. The van der Waals surface area contributed by atoms with Gasteiger partial charge >= 0.3 is 0 Å². The second-order valence-corrected chi connectivity index (χ2v) is 3.90. The number of piperazine rings is 1. The molecule has 2 heterocycles. The minimum Gasteiger partial charge on any atom is -0.364 e. The van der Waals surface area contributed by atoms with E-state index in [0.29, 0.717) is 6.04 Å². The van der Waals surface area contributed by atoms with Crippen LogP contribution in [0.4, 0.5) is 0 Å². The van der Waals surface area contributed by atoms with Crippen molar-refractivity contribution in [2.24, 2.45) is 5.73 Å². The number of nitrogens with zero attached hydrogens (tertiary/aromatic N) is 1. The molecule has 4 N–H and O–H groups in total. The van der Waals surface area contributed by atoms with Gasteiger partial charge < -0.3 is 16.0 Å². The Kier molecular flexibility index (Phi) is 2.86. The molecule has 1 aliphatic heterocycles. The molecule has 1 aliphatic rings. The van der Waals surface area contributed by atoms with E-state index in [9.17, 15) is 0 Å². The maximum atomic E-state index is 6.19. The van der Waals surface area contributed by atoms with E-state index < -0.39 is 0 Å². The molecule has 1 aromatic rings. The van der Waals surface area contributed by atoms with E-state index in [0.717, 1.165) is 25.3 Å². The van der Waals surface area contributed by atoms with Crippen molar-refractivity contribution in [2.45, 2.75) is 12.1 Å². The molecule has 1 fully saturated rings. The standard InChI is InChI=1S/C10H18N4/c1-14-6-5-12-7-9(14)10(11)8-3-2-4-13-8/h2-4,9-10,12-13H,5-7,11H2,1H3. The number of rotatable bonds is 2. The van der Waals surface area contributed by atoms with Gasteiger partial charge in [0.05, 0.1) is 6.04 Å². The molecule has 0 amide bonds. The molecule has 4 heteroatoms. The fourth-order valence-electron chi connectivity index (χ4n) is 1.99. The molecular formula is C10H18N4. The highest BCUT2D eigenvalue weighted by atomic mass is 15.2. The van der Waals surface area contributed by atoms with Crippen LogP contribution >= 0.6 is 0 Å². The largest absolute Gasteiger partial charge is 0.364 e. The van der Waals surface area contributed by atoms with Gasteiger partial charge in [0.15, 0.2) is 0 Å². The summed E-state index contributed by atoms with van der Waals surface area (Å²) in [5.74, 6) is 0. The molecule has 1 saturated heterocycles. The molecule has 1 aromatic heterocycles. The number of aromatic nitrogens is 1. The second kappa shape index (κ2) is 4.13. The van der Waals surface area contributed by atoms with Crippen LogP contribution in [0.5, 0.6) is 0 Å². The molecule has 0 radical (unpaired) electrons. The Morgan fingerprint density at radius 3 is 3.14 bits per heavy atom. The molecule has 0 bridgehead atoms. The molecular weight excluding hydrogens is 176 g/mol. The van der Waals surface area contributed by atoms with Gasteiger partial charge in [0.2, 0.25) is 0 Å². The first-order valence-corrected chi connectivity index (χ1v) is 5.09. The zero-order chi connectivity index (χ0) is 9.97. The number of H-pyrrole nitrogens is 1. The van der Waals surface area contributed by atoms with Crippen LogP contribution in [0.1, 0.15) is 11.7 Å². The van der Waals surface area contributed by atoms with E-state index >= 15 is 0 Å². The Morgan fingerprint density at radius 2 is 2.50 bits per heavy atom. The van der Waals surface area contributed by atoms with Crippen LogP contribution in [0, 0.1) is 0 Å². The Balaban J connectivity index is 2.06. The second-order valence-electron chi connectivity index (χ2n) is 3.90. The molecule has 14 heavy (non-hydrogen) atoms. The highest BCUT2D eigenvalue weighted by Gasteiger charge is 2.26. The van der Waals surface area contributed by atoms with Gasteiger partial charge in [0, 0.05) is 37.6 Å². The third-order valence-electron chi connectivity index (χ3n) is 2.96. The average molecular weight is 194 g/mol. The summed E-state index contributed by atoms with van der Waals surface area (Å²) in [4.78, 5) is 5.50. The molecule has 0 aromatic carbocycles.